The normalized spacial score (nSPS) is 10.8. The molecule has 1 heterocycles. The first kappa shape index (κ1) is 13.0. The maximum atomic E-state index is 5.14. The maximum absolute atomic E-state index is 5.14. The third kappa shape index (κ3) is 5.12. The Balaban J connectivity index is 2.21. The molecule has 90 valence electrons. The van der Waals surface area contributed by atoms with Crippen molar-refractivity contribution in [1.29, 1.82) is 0 Å². The van der Waals surface area contributed by atoms with Crippen LogP contribution < -0.4 is 10.1 Å². The molecule has 0 saturated heterocycles. The van der Waals surface area contributed by atoms with Crippen LogP contribution in [0.2, 0.25) is 0 Å². The van der Waals surface area contributed by atoms with E-state index in [1.807, 2.05) is 6.20 Å². The van der Waals surface area contributed by atoms with Crippen molar-refractivity contribution in [3.8, 4) is 5.75 Å². The van der Waals surface area contributed by atoms with Crippen molar-refractivity contribution < 1.29 is 4.74 Å². The maximum Gasteiger partial charge on any atom is 0.137 e. The number of rotatable bonds is 7. The van der Waals surface area contributed by atoms with Gasteiger partial charge in [0.2, 0.25) is 0 Å². The number of aromatic nitrogens is 1. The van der Waals surface area contributed by atoms with Gasteiger partial charge < -0.3 is 10.1 Å². The van der Waals surface area contributed by atoms with E-state index < -0.39 is 0 Å². The second-order valence-corrected chi connectivity index (χ2v) is 4.43. The number of nitrogens with one attached hydrogen (secondary N) is 1. The molecule has 1 aromatic heterocycles. The Kier molecular flexibility index (Phi) is 5.86. The number of ether oxygens (including phenoxy) is 1. The van der Waals surface area contributed by atoms with E-state index in [4.69, 9.17) is 4.74 Å². The minimum atomic E-state index is 0.721. The van der Waals surface area contributed by atoms with Crippen LogP contribution in [-0.2, 0) is 6.42 Å². The summed E-state index contributed by atoms with van der Waals surface area (Å²) in [6, 6.07) is 2.05. The summed E-state index contributed by atoms with van der Waals surface area (Å²) < 4.78 is 5.14. The van der Waals surface area contributed by atoms with E-state index in [2.05, 4.69) is 30.2 Å². The molecule has 0 atom stereocenters. The van der Waals surface area contributed by atoms with Crippen molar-refractivity contribution in [2.45, 2.75) is 26.7 Å². The summed E-state index contributed by atoms with van der Waals surface area (Å²) in [7, 11) is 1.67. The van der Waals surface area contributed by atoms with Gasteiger partial charge in [0.1, 0.15) is 5.75 Å². The Morgan fingerprint density at radius 1 is 1.38 bits per heavy atom. The molecule has 0 unspecified atom stereocenters. The van der Waals surface area contributed by atoms with E-state index in [1.54, 1.807) is 13.3 Å². The second-order valence-electron chi connectivity index (χ2n) is 4.43. The van der Waals surface area contributed by atoms with Crippen molar-refractivity contribution in [2.24, 2.45) is 5.92 Å². The van der Waals surface area contributed by atoms with Crippen LogP contribution in [0, 0.1) is 5.92 Å². The molecule has 1 N–H and O–H groups in total. The molecule has 0 radical (unpaired) electrons. The van der Waals surface area contributed by atoms with Crippen LogP contribution in [0.4, 0.5) is 0 Å². The molecular formula is C13H22N2O. The quantitative estimate of drug-likeness (QED) is 0.719. The van der Waals surface area contributed by atoms with Crippen LogP contribution in [0.1, 0.15) is 25.8 Å². The molecule has 0 saturated carbocycles. The number of nitrogens with zero attached hydrogens (tertiary/aromatic N) is 1. The third-order valence-electron chi connectivity index (χ3n) is 2.38. The summed E-state index contributed by atoms with van der Waals surface area (Å²) in [5.41, 5.74) is 1.24. The predicted molar refractivity (Wildman–Crippen MR) is 66.8 cm³/mol. The highest BCUT2D eigenvalue weighted by Gasteiger charge is 1.97. The van der Waals surface area contributed by atoms with E-state index in [-0.39, 0.29) is 0 Å². The number of hydrogen-bond acceptors (Lipinski definition) is 3. The van der Waals surface area contributed by atoms with Gasteiger partial charge in [-0.25, -0.2) is 0 Å². The topological polar surface area (TPSA) is 34.1 Å². The summed E-state index contributed by atoms with van der Waals surface area (Å²) in [5.74, 6) is 1.56. The lowest BCUT2D eigenvalue weighted by atomic mass is 10.1. The smallest absolute Gasteiger partial charge is 0.137 e. The van der Waals surface area contributed by atoms with Crippen LogP contribution >= 0.6 is 0 Å². The zero-order chi connectivity index (χ0) is 11.8. The fraction of sp³-hybridized carbons (Fsp3) is 0.615. The standard InChI is InChI=1S/C13H22N2O/c1-11(2)8-14-6-4-5-12-7-13(16-3)10-15-9-12/h7,9-11,14H,4-6,8H2,1-3H3. The van der Waals surface area contributed by atoms with Gasteiger partial charge >= 0.3 is 0 Å². The van der Waals surface area contributed by atoms with Gasteiger partial charge in [0.05, 0.1) is 13.3 Å². The van der Waals surface area contributed by atoms with Crippen LogP contribution in [0.25, 0.3) is 0 Å². The van der Waals surface area contributed by atoms with E-state index in [0.29, 0.717) is 0 Å². The molecule has 0 aromatic carbocycles. The first-order chi connectivity index (χ1) is 7.72. The van der Waals surface area contributed by atoms with Gasteiger partial charge in [-0.3, -0.25) is 4.98 Å². The van der Waals surface area contributed by atoms with Crippen LogP contribution in [0.15, 0.2) is 18.5 Å². The summed E-state index contributed by atoms with van der Waals surface area (Å²) in [6.07, 6.45) is 5.84. The van der Waals surface area contributed by atoms with Crippen molar-refractivity contribution in [1.82, 2.24) is 10.3 Å². The Morgan fingerprint density at radius 2 is 2.19 bits per heavy atom. The number of methoxy groups -OCH3 is 1. The zero-order valence-corrected chi connectivity index (χ0v) is 10.5. The first-order valence-electron chi connectivity index (χ1n) is 5.91. The molecule has 0 aliphatic carbocycles. The van der Waals surface area contributed by atoms with Gasteiger partial charge in [0.15, 0.2) is 0 Å². The lowest BCUT2D eigenvalue weighted by Crippen LogP contribution is -2.21. The van der Waals surface area contributed by atoms with Crippen LogP contribution in [0.5, 0.6) is 5.75 Å². The summed E-state index contributed by atoms with van der Waals surface area (Å²) >= 11 is 0. The Hall–Kier alpha value is -1.09. The van der Waals surface area contributed by atoms with Gasteiger partial charge in [-0.1, -0.05) is 13.8 Å². The molecule has 3 heteroatoms. The van der Waals surface area contributed by atoms with Gasteiger partial charge in [-0.05, 0) is 43.5 Å². The molecule has 0 spiro atoms. The summed E-state index contributed by atoms with van der Waals surface area (Å²) in [6.45, 7) is 6.60. The van der Waals surface area contributed by atoms with Gasteiger partial charge in [-0.2, -0.15) is 0 Å². The molecule has 0 fully saturated rings. The van der Waals surface area contributed by atoms with Gasteiger partial charge in [0, 0.05) is 6.20 Å². The first-order valence-corrected chi connectivity index (χ1v) is 5.91. The average molecular weight is 222 g/mol. The lowest BCUT2D eigenvalue weighted by Gasteiger charge is -2.07. The largest absolute Gasteiger partial charge is 0.495 e. The van der Waals surface area contributed by atoms with Crippen molar-refractivity contribution >= 4 is 0 Å². The van der Waals surface area contributed by atoms with Crippen LogP contribution in [-0.4, -0.2) is 25.2 Å². The van der Waals surface area contributed by atoms with E-state index in [1.165, 1.54) is 5.56 Å². The minimum absolute atomic E-state index is 0.721. The van der Waals surface area contributed by atoms with E-state index in [9.17, 15) is 0 Å². The third-order valence-corrected chi connectivity index (χ3v) is 2.38. The number of aryl methyl sites for hydroxylation is 1. The minimum Gasteiger partial charge on any atom is -0.495 e. The zero-order valence-electron chi connectivity index (χ0n) is 10.5. The highest BCUT2D eigenvalue weighted by molar-refractivity contribution is 5.23. The molecule has 3 nitrogen and oxygen atoms in total. The molecule has 0 aliphatic heterocycles. The highest BCUT2D eigenvalue weighted by Crippen LogP contribution is 2.11. The van der Waals surface area contributed by atoms with Crippen LogP contribution in [0.3, 0.4) is 0 Å². The fourth-order valence-corrected chi connectivity index (χ4v) is 1.52. The highest BCUT2D eigenvalue weighted by atomic mass is 16.5. The lowest BCUT2D eigenvalue weighted by molar-refractivity contribution is 0.412. The van der Waals surface area contributed by atoms with E-state index >= 15 is 0 Å². The van der Waals surface area contributed by atoms with E-state index in [0.717, 1.165) is 37.6 Å². The monoisotopic (exact) mass is 222 g/mol. The molecule has 1 rings (SSSR count). The summed E-state index contributed by atoms with van der Waals surface area (Å²) in [5, 5.41) is 3.43. The van der Waals surface area contributed by atoms with Crippen molar-refractivity contribution in [2.75, 3.05) is 20.2 Å². The molecule has 16 heavy (non-hydrogen) atoms. The molecule has 0 bridgehead atoms. The van der Waals surface area contributed by atoms with Crippen molar-refractivity contribution in [3.05, 3.63) is 24.0 Å². The number of pyridine rings is 1. The van der Waals surface area contributed by atoms with Gasteiger partial charge in [0.25, 0.3) is 0 Å². The SMILES string of the molecule is COc1cncc(CCCNCC(C)C)c1. The molecular weight excluding hydrogens is 200 g/mol. The fourth-order valence-electron chi connectivity index (χ4n) is 1.52. The molecule has 0 amide bonds. The summed E-state index contributed by atoms with van der Waals surface area (Å²) in [4.78, 5) is 4.14. The molecule has 0 aliphatic rings. The van der Waals surface area contributed by atoms with Gasteiger partial charge in [-0.15, -0.1) is 0 Å². The average Bonchev–Trinajstić information content (AvgIpc) is 2.28. The number of hydrogen-bond donors (Lipinski definition) is 1. The second kappa shape index (κ2) is 7.23. The predicted octanol–water partition coefficient (Wildman–Crippen LogP) is 2.27. The Labute approximate surface area is 98.2 Å². The Bertz CT molecular complexity index is 300. The molecule has 1 aromatic rings. The Morgan fingerprint density at radius 3 is 2.88 bits per heavy atom. The van der Waals surface area contributed by atoms with Crippen molar-refractivity contribution in [3.63, 3.8) is 0 Å².